The summed E-state index contributed by atoms with van der Waals surface area (Å²) in [5.74, 6) is 1.40. The number of aromatic nitrogens is 2. The van der Waals surface area contributed by atoms with Gasteiger partial charge in [-0.1, -0.05) is 18.9 Å². The molecule has 0 aliphatic heterocycles. The summed E-state index contributed by atoms with van der Waals surface area (Å²) < 4.78 is 10.8. The highest BCUT2D eigenvalue weighted by molar-refractivity contribution is 5.88. The summed E-state index contributed by atoms with van der Waals surface area (Å²) in [5, 5.41) is 3.10. The zero-order chi connectivity index (χ0) is 18.4. The molecule has 1 amide bonds. The Morgan fingerprint density at radius 2 is 1.92 bits per heavy atom. The van der Waals surface area contributed by atoms with E-state index in [0.717, 1.165) is 36.9 Å². The molecule has 0 atom stereocenters. The molecule has 1 aliphatic rings. The van der Waals surface area contributed by atoms with E-state index in [1.807, 2.05) is 18.2 Å². The van der Waals surface area contributed by atoms with Crippen molar-refractivity contribution < 1.29 is 14.3 Å². The molecule has 6 heteroatoms. The average molecular weight is 355 g/mol. The highest BCUT2D eigenvalue weighted by atomic mass is 16.5. The van der Waals surface area contributed by atoms with E-state index < -0.39 is 5.41 Å². The van der Waals surface area contributed by atoms with E-state index in [1.54, 1.807) is 32.8 Å². The summed E-state index contributed by atoms with van der Waals surface area (Å²) in [5.41, 5.74) is 1.37. The quantitative estimate of drug-likeness (QED) is 0.827. The lowest BCUT2D eigenvalue weighted by Crippen LogP contribution is -2.43. The van der Waals surface area contributed by atoms with Crippen molar-refractivity contribution >= 4 is 5.91 Å². The largest absolute Gasteiger partial charge is 0.493 e. The third kappa shape index (κ3) is 3.64. The molecule has 1 aromatic heterocycles. The summed E-state index contributed by atoms with van der Waals surface area (Å²) in [6.07, 6.45) is 9.50. The number of benzene rings is 1. The van der Waals surface area contributed by atoms with Crippen LogP contribution in [0, 0.1) is 0 Å². The maximum atomic E-state index is 13.1. The first-order chi connectivity index (χ1) is 12.7. The van der Waals surface area contributed by atoms with Crippen LogP contribution in [0.15, 0.2) is 36.8 Å². The molecular weight excluding hydrogens is 330 g/mol. The van der Waals surface area contributed by atoms with Gasteiger partial charge in [-0.05, 0) is 30.5 Å². The van der Waals surface area contributed by atoms with E-state index in [9.17, 15) is 4.79 Å². The van der Waals surface area contributed by atoms with Crippen LogP contribution in [0.2, 0.25) is 0 Å². The number of carbonyl (C=O) groups is 1. The first kappa shape index (κ1) is 18.2. The summed E-state index contributed by atoms with van der Waals surface area (Å²) in [7, 11) is 3.23. The molecule has 1 heterocycles. The predicted molar refractivity (Wildman–Crippen MR) is 98.4 cm³/mol. The maximum Gasteiger partial charge on any atom is 0.230 e. The lowest BCUT2D eigenvalue weighted by molar-refractivity contribution is -0.126. The van der Waals surface area contributed by atoms with Crippen molar-refractivity contribution in [2.75, 3.05) is 20.8 Å². The third-order valence-corrected chi connectivity index (χ3v) is 5.11. The Morgan fingerprint density at radius 3 is 2.58 bits per heavy atom. The minimum Gasteiger partial charge on any atom is -0.493 e. The fourth-order valence-corrected chi connectivity index (χ4v) is 3.69. The Hall–Kier alpha value is -2.63. The molecule has 0 bridgehead atoms. The van der Waals surface area contributed by atoms with Crippen LogP contribution in [0.25, 0.3) is 0 Å². The molecule has 1 saturated carbocycles. The minimum atomic E-state index is -0.498. The first-order valence-corrected chi connectivity index (χ1v) is 8.95. The first-order valence-electron chi connectivity index (χ1n) is 8.95. The monoisotopic (exact) mass is 355 g/mol. The van der Waals surface area contributed by atoms with Crippen LogP contribution in [0.4, 0.5) is 0 Å². The topological polar surface area (TPSA) is 73.3 Å². The van der Waals surface area contributed by atoms with Crippen molar-refractivity contribution in [3.63, 3.8) is 0 Å². The van der Waals surface area contributed by atoms with Crippen LogP contribution in [0.3, 0.4) is 0 Å². The number of hydrogen-bond donors (Lipinski definition) is 1. The molecular formula is C20H25N3O3. The van der Waals surface area contributed by atoms with Crippen LogP contribution in [0.5, 0.6) is 11.5 Å². The van der Waals surface area contributed by atoms with Crippen LogP contribution in [-0.2, 0) is 16.6 Å². The van der Waals surface area contributed by atoms with Gasteiger partial charge in [-0.2, -0.15) is 0 Å². The van der Waals surface area contributed by atoms with E-state index in [1.165, 1.54) is 0 Å². The zero-order valence-electron chi connectivity index (χ0n) is 15.3. The van der Waals surface area contributed by atoms with Gasteiger partial charge in [0, 0.05) is 31.6 Å². The molecule has 1 aliphatic carbocycles. The van der Waals surface area contributed by atoms with E-state index in [4.69, 9.17) is 9.47 Å². The number of hydrogen-bond acceptors (Lipinski definition) is 5. The fourth-order valence-electron chi connectivity index (χ4n) is 3.69. The molecule has 1 aromatic carbocycles. The number of amides is 1. The SMILES string of the molecule is COc1ccc(C2(C(=O)NCCc3cnccn3)CCCC2)cc1OC. The van der Waals surface area contributed by atoms with Crippen LogP contribution >= 0.6 is 0 Å². The van der Waals surface area contributed by atoms with Crippen molar-refractivity contribution in [3.05, 3.63) is 48.0 Å². The van der Waals surface area contributed by atoms with Gasteiger partial charge < -0.3 is 14.8 Å². The summed E-state index contributed by atoms with van der Waals surface area (Å²) >= 11 is 0. The summed E-state index contributed by atoms with van der Waals surface area (Å²) in [6.45, 7) is 0.548. The maximum absolute atomic E-state index is 13.1. The Bertz CT molecular complexity index is 743. The highest BCUT2D eigenvalue weighted by Gasteiger charge is 2.42. The van der Waals surface area contributed by atoms with Gasteiger partial charge in [-0.25, -0.2) is 0 Å². The summed E-state index contributed by atoms with van der Waals surface area (Å²) in [4.78, 5) is 21.4. The van der Waals surface area contributed by atoms with Gasteiger partial charge in [0.2, 0.25) is 5.91 Å². The molecule has 138 valence electrons. The second-order valence-electron chi connectivity index (χ2n) is 6.56. The normalized spacial score (nSPS) is 15.5. The van der Waals surface area contributed by atoms with E-state index in [-0.39, 0.29) is 5.91 Å². The molecule has 0 radical (unpaired) electrons. The van der Waals surface area contributed by atoms with Crippen molar-refractivity contribution in [2.45, 2.75) is 37.5 Å². The van der Waals surface area contributed by atoms with Gasteiger partial charge in [0.1, 0.15) is 0 Å². The molecule has 0 spiro atoms. The second-order valence-corrected chi connectivity index (χ2v) is 6.56. The Kier molecular flexibility index (Phi) is 5.71. The van der Waals surface area contributed by atoms with E-state index in [0.29, 0.717) is 24.5 Å². The van der Waals surface area contributed by atoms with Gasteiger partial charge in [0.15, 0.2) is 11.5 Å². The van der Waals surface area contributed by atoms with Gasteiger partial charge in [0.25, 0.3) is 0 Å². The van der Waals surface area contributed by atoms with E-state index >= 15 is 0 Å². The molecule has 26 heavy (non-hydrogen) atoms. The van der Waals surface area contributed by atoms with Gasteiger partial charge >= 0.3 is 0 Å². The lowest BCUT2D eigenvalue weighted by atomic mass is 9.77. The van der Waals surface area contributed by atoms with Gasteiger partial charge in [-0.3, -0.25) is 14.8 Å². The number of methoxy groups -OCH3 is 2. The number of ether oxygens (including phenoxy) is 2. The molecule has 1 fully saturated rings. The highest BCUT2D eigenvalue weighted by Crippen LogP contribution is 2.43. The number of rotatable bonds is 7. The Balaban J connectivity index is 1.76. The third-order valence-electron chi connectivity index (χ3n) is 5.11. The molecule has 3 rings (SSSR count). The lowest BCUT2D eigenvalue weighted by Gasteiger charge is -2.29. The van der Waals surface area contributed by atoms with Crippen molar-refractivity contribution in [3.8, 4) is 11.5 Å². The smallest absolute Gasteiger partial charge is 0.230 e. The van der Waals surface area contributed by atoms with Crippen molar-refractivity contribution in [1.29, 1.82) is 0 Å². The van der Waals surface area contributed by atoms with Crippen LogP contribution < -0.4 is 14.8 Å². The Labute approximate surface area is 154 Å². The number of nitrogens with one attached hydrogen (secondary N) is 1. The molecule has 6 nitrogen and oxygen atoms in total. The summed E-state index contributed by atoms with van der Waals surface area (Å²) in [6, 6.07) is 5.79. The van der Waals surface area contributed by atoms with Crippen molar-refractivity contribution in [2.24, 2.45) is 0 Å². The Morgan fingerprint density at radius 1 is 1.15 bits per heavy atom. The van der Waals surface area contributed by atoms with Gasteiger partial charge in [-0.15, -0.1) is 0 Å². The molecule has 0 unspecified atom stereocenters. The number of carbonyl (C=O) groups excluding carboxylic acids is 1. The van der Waals surface area contributed by atoms with Crippen LogP contribution in [-0.4, -0.2) is 36.6 Å². The standard InChI is InChI=1S/C20H25N3O3/c1-25-17-6-5-15(13-18(17)26-2)20(8-3-4-9-20)19(24)23-10-7-16-14-21-11-12-22-16/h5-6,11-14H,3-4,7-10H2,1-2H3,(H,23,24). The van der Waals surface area contributed by atoms with Gasteiger partial charge in [0.05, 0.1) is 25.3 Å². The van der Waals surface area contributed by atoms with E-state index in [2.05, 4.69) is 15.3 Å². The molecule has 2 aromatic rings. The zero-order valence-corrected chi connectivity index (χ0v) is 15.3. The number of nitrogens with zero attached hydrogens (tertiary/aromatic N) is 2. The predicted octanol–water partition coefficient (Wildman–Crippen LogP) is 2.66. The minimum absolute atomic E-state index is 0.0751. The fraction of sp³-hybridized carbons (Fsp3) is 0.450. The second kappa shape index (κ2) is 8.17. The molecule has 0 saturated heterocycles. The average Bonchev–Trinajstić information content (AvgIpc) is 3.19. The molecule has 1 N–H and O–H groups in total. The van der Waals surface area contributed by atoms with Crippen molar-refractivity contribution in [1.82, 2.24) is 15.3 Å². The van der Waals surface area contributed by atoms with Crippen LogP contribution in [0.1, 0.15) is 36.9 Å².